The molecular formula is C10H7FN2OS. The van der Waals surface area contributed by atoms with Gasteiger partial charge in [-0.3, -0.25) is 9.36 Å². The molecule has 1 aromatic heterocycles. The summed E-state index contributed by atoms with van der Waals surface area (Å²) in [7, 11) is 0. The first-order chi connectivity index (χ1) is 7.18. The Morgan fingerprint density at radius 3 is 2.93 bits per heavy atom. The predicted octanol–water partition coefficient (Wildman–Crippen LogP) is 2.03. The molecule has 0 amide bonds. The van der Waals surface area contributed by atoms with Gasteiger partial charge in [0, 0.05) is 12.4 Å². The number of rotatable bonds is 1. The fourth-order valence-electron chi connectivity index (χ4n) is 1.26. The van der Waals surface area contributed by atoms with Gasteiger partial charge in [0.15, 0.2) is 4.64 Å². The molecule has 0 aliphatic carbocycles. The van der Waals surface area contributed by atoms with E-state index in [2.05, 4.69) is 4.98 Å². The Hall–Kier alpha value is -1.75. The van der Waals surface area contributed by atoms with Gasteiger partial charge in [-0.25, -0.2) is 4.39 Å². The molecule has 5 heteroatoms. The van der Waals surface area contributed by atoms with Crippen molar-refractivity contribution >= 4 is 12.2 Å². The molecule has 0 unspecified atom stereocenters. The third-order valence-electron chi connectivity index (χ3n) is 1.94. The second kappa shape index (κ2) is 3.78. The molecule has 0 radical (unpaired) electrons. The molecule has 0 fully saturated rings. The van der Waals surface area contributed by atoms with Crippen LogP contribution in [0.4, 0.5) is 4.39 Å². The van der Waals surface area contributed by atoms with Gasteiger partial charge in [0.2, 0.25) is 0 Å². The van der Waals surface area contributed by atoms with Gasteiger partial charge >= 0.3 is 0 Å². The summed E-state index contributed by atoms with van der Waals surface area (Å²) in [5, 5.41) is 0. The smallest absolute Gasteiger partial charge is 0.290 e. The van der Waals surface area contributed by atoms with Crippen molar-refractivity contribution in [2.45, 2.75) is 0 Å². The molecule has 15 heavy (non-hydrogen) atoms. The zero-order valence-electron chi connectivity index (χ0n) is 7.61. The summed E-state index contributed by atoms with van der Waals surface area (Å²) >= 11 is 4.79. The summed E-state index contributed by atoms with van der Waals surface area (Å²) in [6.45, 7) is 0. The molecule has 76 valence electrons. The van der Waals surface area contributed by atoms with Gasteiger partial charge in [0.1, 0.15) is 5.82 Å². The van der Waals surface area contributed by atoms with Gasteiger partial charge in [0.25, 0.3) is 5.56 Å². The number of hydrogen-bond donors (Lipinski definition) is 1. The molecule has 1 N–H and O–H groups in total. The van der Waals surface area contributed by atoms with Crippen molar-refractivity contribution in [3.63, 3.8) is 0 Å². The second-order valence-corrected chi connectivity index (χ2v) is 3.35. The predicted molar refractivity (Wildman–Crippen MR) is 57.2 cm³/mol. The van der Waals surface area contributed by atoms with Crippen molar-refractivity contribution in [3.05, 3.63) is 57.5 Å². The first-order valence-electron chi connectivity index (χ1n) is 4.25. The van der Waals surface area contributed by atoms with Crippen molar-refractivity contribution in [2.75, 3.05) is 0 Å². The highest BCUT2D eigenvalue weighted by atomic mass is 32.1. The summed E-state index contributed by atoms with van der Waals surface area (Å²) in [5.41, 5.74) is 0.0956. The Balaban J connectivity index is 2.70. The first kappa shape index (κ1) is 9.79. The third kappa shape index (κ3) is 1.87. The van der Waals surface area contributed by atoms with Gasteiger partial charge in [-0.2, -0.15) is 0 Å². The molecule has 0 bridgehead atoms. The molecule has 3 nitrogen and oxygen atoms in total. The molecule has 2 aromatic rings. The van der Waals surface area contributed by atoms with Crippen LogP contribution in [0.1, 0.15) is 0 Å². The minimum Gasteiger partial charge on any atom is -0.347 e. The third-order valence-corrected chi connectivity index (χ3v) is 2.23. The van der Waals surface area contributed by atoms with Crippen LogP contribution in [0.25, 0.3) is 5.69 Å². The van der Waals surface area contributed by atoms with E-state index in [0.29, 0.717) is 5.69 Å². The maximum Gasteiger partial charge on any atom is 0.290 e. The lowest BCUT2D eigenvalue weighted by molar-refractivity contribution is 0.626. The van der Waals surface area contributed by atoms with E-state index >= 15 is 0 Å². The van der Waals surface area contributed by atoms with E-state index in [1.54, 1.807) is 6.07 Å². The number of hydrogen-bond acceptors (Lipinski definition) is 2. The summed E-state index contributed by atoms with van der Waals surface area (Å²) in [6, 6.07) is 5.77. The van der Waals surface area contributed by atoms with Gasteiger partial charge in [-0.05, 0) is 18.2 Å². The van der Waals surface area contributed by atoms with Crippen molar-refractivity contribution in [3.8, 4) is 5.69 Å². The molecule has 0 atom stereocenters. The monoisotopic (exact) mass is 222 g/mol. The highest BCUT2D eigenvalue weighted by Gasteiger charge is 2.00. The Morgan fingerprint density at radius 2 is 2.20 bits per heavy atom. The van der Waals surface area contributed by atoms with Crippen molar-refractivity contribution in [1.29, 1.82) is 0 Å². The highest BCUT2D eigenvalue weighted by molar-refractivity contribution is 7.71. The molecule has 0 saturated heterocycles. The van der Waals surface area contributed by atoms with Crippen LogP contribution in [0, 0.1) is 10.5 Å². The van der Waals surface area contributed by atoms with E-state index in [-0.39, 0.29) is 10.2 Å². The molecule has 0 spiro atoms. The van der Waals surface area contributed by atoms with E-state index in [1.165, 1.54) is 35.2 Å². The Labute approximate surface area is 89.8 Å². The summed E-state index contributed by atoms with van der Waals surface area (Å²) < 4.78 is 14.3. The SMILES string of the molecule is O=c1c(=S)[nH]ccn1-c1cccc(F)c1. The van der Waals surface area contributed by atoms with Crippen molar-refractivity contribution in [1.82, 2.24) is 9.55 Å². The fourth-order valence-corrected chi connectivity index (χ4v) is 1.42. The van der Waals surface area contributed by atoms with Crippen LogP contribution in [0.5, 0.6) is 0 Å². The van der Waals surface area contributed by atoms with Gasteiger partial charge in [-0.15, -0.1) is 0 Å². The zero-order valence-corrected chi connectivity index (χ0v) is 8.42. The topological polar surface area (TPSA) is 37.8 Å². The number of halogens is 1. The zero-order chi connectivity index (χ0) is 10.8. The lowest BCUT2D eigenvalue weighted by Crippen LogP contribution is -2.18. The van der Waals surface area contributed by atoms with Crippen molar-refractivity contribution < 1.29 is 4.39 Å². The van der Waals surface area contributed by atoms with E-state index < -0.39 is 5.82 Å². The number of aromatic nitrogens is 2. The number of benzene rings is 1. The van der Waals surface area contributed by atoms with Crippen LogP contribution in [-0.4, -0.2) is 9.55 Å². The average molecular weight is 222 g/mol. The molecule has 2 rings (SSSR count). The van der Waals surface area contributed by atoms with Crippen LogP contribution in [-0.2, 0) is 0 Å². The van der Waals surface area contributed by atoms with Gasteiger partial charge in [0.05, 0.1) is 5.69 Å². The Morgan fingerprint density at radius 1 is 1.40 bits per heavy atom. The molecule has 0 saturated carbocycles. The number of aromatic amines is 1. The lowest BCUT2D eigenvalue weighted by Gasteiger charge is -2.04. The number of nitrogens with one attached hydrogen (secondary N) is 1. The molecule has 1 heterocycles. The Kier molecular flexibility index (Phi) is 2.47. The average Bonchev–Trinajstić information content (AvgIpc) is 2.22. The quantitative estimate of drug-likeness (QED) is 0.750. The molecule has 0 aliphatic heterocycles. The maximum atomic E-state index is 12.9. The normalized spacial score (nSPS) is 10.2. The van der Waals surface area contributed by atoms with E-state index in [4.69, 9.17) is 12.2 Å². The highest BCUT2D eigenvalue weighted by Crippen LogP contribution is 2.06. The van der Waals surface area contributed by atoms with Crippen LogP contribution in [0.15, 0.2) is 41.5 Å². The summed E-state index contributed by atoms with van der Waals surface area (Å²) in [5.74, 6) is -0.391. The Bertz CT molecular complexity index is 603. The minimum atomic E-state index is -0.391. The number of H-pyrrole nitrogens is 1. The van der Waals surface area contributed by atoms with E-state index in [1.807, 2.05) is 0 Å². The fraction of sp³-hybridized carbons (Fsp3) is 0. The second-order valence-electron chi connectivity index (χ2n) is 2.94. The van der Waals surface area contributed by atoms with Crippen molar-refractivity contribution in [2.24, 2.45) is 0 Å². The van der Waals surface area contributed by atoms with Crippen LogP contribution < -0.4 is 5.56 Å². The standard InChI is InChI=1S/C10H7FN2OS/c11-7-2-1-3-8(6-7)13-5-4-12-9(15)10(13)14/h1-6H,(H,12,15). The van der Waals surface area contributed by atoms with Crippen LogP contribution in [0.3, 0.4) is 0 Å². The van der Waals surface area contributed by atoms with Gasteiger partial charge in [-0.1, -0.05) is 18.3 Å². The molecule has 0 aliphatic rings. The minimum absolute atomic E-state index is 0.0989. The van der Waals surface area contributed by atoms with Gasteiger partial charge < -0.3 is 4.98 Å². The lowest BCUT2D eigenvalue weighted by atomic mass is 10.3. The van der Waals surface area contributed by atoms with Crippen LogP contribution >= 0.6 is 12.2 Å². The van der Waals surface area contributed by atoms with E-state index in [0.717, 1.165) is 0 Å². The number of nitrogens with zero attached hydrogens (tertiary/aromatic N) is 1. The van der Waals surface area contributed by atoms with E-state index in [9.17, 15) is 9.18 Å². The summed E-state index contributed by atoms with van der Waals surface area (Å²) in [4.78, 5) is 14.2. The van der Waals surface area contributed by atoms with Crippen LogP contribution in [0.2, 0.25) is 0 Å². The largest absolute Gasteiger partial charge is 0.347 e. The molecular weight excluding hydrogens is 215 g/mol. The maximum absolute atomic E-state index is 12.9. The molecule has 1 aromatic carbocycles. The summed E-state index contributed by atoms with van der Waals surface area (Å²) in [6.07, 6.45) is 3.04. The first-order valence-corrected chi connectivity index (χ1v) is 4.65.